The molecule has 0 aliphatic heterocycles. The molecule has 0 aromatic carbocycles. The Morgan fingerprint density at radius 2 is 2.25 bits per heavy atom. The van der Waals surface area contributed by atoms with Gasteiger partial charge in [0.25, 0.3) is 5.56 Å². The molecule has 1 rings (SSSR count). The summed E-state index contributed by atoms with van der Waals surface area (Å²) < 4.78 is 2.40. The van der Waals surface area contributed by atoms with E-state index >= 15 is 0 Å². The van der Waals surface area contributed by atoms with Gasteiger partial charge < -0.3 is 9.88 Å². The molecule has 1 amide bonds. The number of hydrogen-bond donors (Lipinski definition) is 1. The highest BCUT2D eigenvalue weighted by Gasteiger charge is 2.06. The Balaban J connectivity index is 2.86. The third kappa shape index (κ3) is 3.51. The molecule has 84 valence electrons. The second-order valence-corrected chi connectivity index (χ2v) is 4.69. The lowest BCUT2D eigenvalue weighted by Gasteiger charge is -2.06. The SMILES string of the molecule is C#CCNC(=O)Cn1cc(Br)cc(Br)c1=O. The lowest BCUT2D eigenvalue weighted by Crippen LogP contribution is -2.32. The van der Waals surface area contributed by atoms with Gasteiger partial charge in [-0.05, 0) is 37.9 Å². The fourth-order valence-corrected chi connectivity index (χ4v) is 2.30. The molecule has 0 aliphatic carbocycles. The van der Waals surface area contributed by atoms with Gasteiger partial charge in [-0.2, -0.15) is 0 Å². The summed E-state index contributed by atoms with van der Waals surface area (Å²) in [4.78, 5) is 23.0. The smallest absolute Gasteiger partial charge is 0.265 e. The summed E-state index contributed by atoms with van der Waals surface area (Å²) in [6.45, 7) is 0.0985. The van der Waals surface area contributed by atoms with Gasteiger partial charge in [0.1, 0.15) is 6.54 Å². The largest absolute Gasteiger partial charge is 0.344 e. The molecule has 0 aliphatic rings. The van der Waals surface area contributed by atoms with Gasteiger partial charge in [0.05, 0.1) is 11.0 Å². The van der Waals surface area contributed by atoms with Crippen molar-refractivity contribution in [3.05, 3.63) is 31.6 Å². The highest BCUT2D eigenvalue weighted by Crippen LogP contribution is 2.12. The van der Waals surface area contributed by atoms with Crippen LogP contribution in [0.5, 0.6) is 0 Å². The van der Waals surface area contributed by atoms with Crippen molar-refractivity contribution >= 4 is 37.8 Å². The molecule has 0 radical (unpaired) electrons. The number of nitrogens with zero attached hydrogens (tertiary/aromatic N) is 1. The molecule has 0 unspecified atom stereocenters. The van der Waals surface area contributed by atoms with Crippen LogP contribution in [0.3, 0.4) is 0 Å². The fourth-order valence-electron chi connectivity index (χ4n) is 1.04. The Kier molecular flexibility index (Phi) is 4.77. The van der Waals surface area contributed by atoms with E-state index in [9.17, 15) is 9.59 Å². The van der Waals surface area contributed by atoms with Crippen LogP contribution in [0, 0.1) is 12.3 Å². The van der Waals surface area contributed by atoms with E-state index in [-0.39, 0.29) is 24.6 Å². The standard InChI is InChI=1S/C10H8Br2N2O2/c1-2-3-13-9(15)6-14-5-7(11)4-8(12)10(14)16/h1,4-5H,3,6H2,(H,13,15). The van der Waals surface area contributed by atoms with Gasteiger partial charge in [0, 0.05) is 10.7 Å². The molecule has 1 heterocycles. The number of rotatable bonds is 3. The van der Waals surface area contributed by atoms with E-state index < -0.39 is 0 Å². The van der Waals surface area contributed by atoms with Crippen LogP contribution in [0.15, 0.2) is 26.0 Å². The van der Waals surface area contributed by atoms with Crippen molar-refractivity contribution in [1.29, 1.82) is 0 Å². The van der Waals surface area contributed by atoms with Crippen LogP contribution in [0.4, 0.5) is 0 Å². The number of carbonyl (C=O) groups is 1. The summed E-state index contributed by atoms with van der Waals surface area (Å²) in [5.74, 6) is 1.98. The Morgan fingerprint density at radius 1 is 1.56 bits per heavy atom. The van der Waals surface area contributed by atoms with Crippen LogP contribution in [-0.4, -0.2) is 17.0 Å². The lowest BCUT2D eigenvalue weighted by molar-refractivity contribution is -0.121. The zero-order valence-corrected chi connectivity index (χ0v) is 11.3. The summed E-state index contributed by atoms with van der Waals surface area (Å²) in [6.07, 6.45) is 6.54. The van der Waals surface area contributed by atoms with Crippen molar-refractivity contribution in [1.82, 2.24) is 9.88 Å². The number of terminal acetylenes is 1. The van der Waals surface area contributed by atoms with E-state index in [1.807, 2.05) is 0 Å². The zero-order chi connectivity index (χ0) is 12.1. The first-order chi connectivity index (χ1) is 7.54. The van der Waals surface area contributed by atoms with E-state index in [0.717, 1.165) is 0 Å². The summed E-state index contributed by atoms with van der Waals surface area (Å²) >= 11 is 6.35. The van der Waals surface area contributed by atoms with E-state index in [1.165, 1.54) is 4.57 Å². The molecule has 6 heteroatoms. The van der Waals surface area contributed by atoms with Crippen LogP contribution in [0.25, 0.3) is 0 Å². The van der Waals surface area contributed by atoms with E-state index in [2.05, 4.69) is 43.1 Å². The van der Waals surface area contributed by atoms with Gasteiger partial charge >= 0.3 is 0 Å². The molecule has 4 nitrogen and oxygen atoms in total. The number of hydrogen-bond acceptors (Lipinski definition) is 2. The average molecular weight is 348 g/mol. The minimum absolute atomic E-state index is 0.0570. The van der Waals surface area contributed by atoms with E-state index in [0.29, 0.717) is 8.95 Å². The van der Waals surface area contributed by atoms with E-state index in [1.54, 1.807) is 12.3 Å². The summed E-state index contributed by atoms with van der Waals surface area (Å²) in [7, 11) is 0. The van der Waals surface area contributed by atoms with Crippen molar-refractivity contribution in [2.24, 2.45) is 0 Å². The second kappa shape index (κ2) is 5.87. The minimum Gasteiger partial charge on any atom is -0.344 e. The Morgan fingerprint density at radius 3 is 2.88 bits per heavy atom. The molecule has 1 N–H and O–H groups in total. The highest BCUT2D eigenvalue weighted by molar-refractivity contribution is 9.11. The monoisotopic (exact) mass is 346 g/mol. The number of nitrogens with one attached hydrogen (secondary N) is 1. The maximum Gasteiger partial charge on any atom is 0.265 e. The third-order valence-corrected chi connectivity index (χ3v) is 2.71. The van der Waals surface area contributed by atoms with Gasteiger partial charge in [-0.3, -0.25) is 9.59 Å². The average Bonchev–Trinajstić information content (AvgIpc) is 2.22. The number of carbonyl (C=O) groups excluding carboxylic acids is 1. The highest BCUT2D eigenvalue weighted by atomic mass is 79.9. The molecule has 1 aromatic rings. The fraction of sp³-hybridized carbons (Fsp3) is 0.200. The normalized spacial score (nSPS) is 9.56. The Labute approximate surface area is 109 Å². The molecular formula is C10H8Br2N2O2. The topological polar surface area (TPSA) is 51.1 Å². The van der Waals surface area contributed by atoms with Gasteiger partial charge in [-0.25, -0.2) is 0 Å². The van der Waals surface area contributed by atoms with Crippen molar-refractivity contribution in [3.63, 3.8) is 0 Å². The van der Waals surface area contributed by atoms with Crippen LogP contribution >= 0.6 is 31.9 Å². The van der Waals surface area contributed by atoms with Crippen LogP contribution < -0.4 is 10.9 Å². The number of aromatic nitrogens is 1. The quantitative estimate of drug-likeness (QED) is 0.833. The molecular weight excluding hydrogens is 340 g/mol. The van der Waals surface area contributed by atoms with Crippen molar-refractivity contribution in [2.75, 3.05) is 6.54 Å². The predicted octanol–water partition coefficient (Wildman–Crippen LogP) is 1.12. The maximum atomic E-state index is 11.6. The van der Waals surface area contributed by atoms with Crippen LogP contribution in [0.1, 0.15) is 0 Å². The van der Waals surface area contributed by atoms with E-state index in [4.69, 9.17) is 6.42 Å². The van der Waals surface area contributed by atoms with Gasteiger partial charge in [0.2, 0.25) is 5.91 Å². The molecule has 0 fully saturated rings. The summed E-state index contributed by atoms with van der Waals surface area (Å²) in [6, 6.07) is 1.62. The first kappa shape index (κ1) is 13.0. The molecule has 0 saturated carbocycles. The first-order valence-corrected chi connectivity index (χ1v) is 5.89. The Bertz CT molecular complexity index is 503. The van der Waals surface area contributed by atoms with Crippen LogP contribution in [0.2, 0.25) is 0 Å². The molecule has 0 spiro atoms. The number of halogens is 2. The van der Waals surface area contributed by atoms with Crippen LogP contribution in [-0.2, 0) is 11.3 Å². The number of amides is 1. The first-order valence-electron chi connectivity index (χ1n) is 4.30. The third-order valence-electron chi connectivity index (χ3n) is 1.71. The summed E-state index contributed by atoms with van der Waals surface area (Å²) in [5.41, 5.74) is -0.265. The van der Waals surface area contributed by atoms with Gasteiger partial charge in [-0.15, -0.1) is 6.42 Å². The lowest BCUT2D eigenvalue weighted by atomic mass is 10.4. The summed E-state index contributed by atoms with van der Waals surface area (Å²) in [5, 5.41) is 2.48. The van der Waals surface area contributed by atoms with Gasteiger partial charge in [0.15, 0.2) is 0 Å². The van der Waals surface area contributed by atoms with Crippen molar-refractivity contribution < 1.29 is 4.79 Å². The molecule has 0 saturated heterocycles. The van der Waals surface area contributed by atoms with Crippen molar-refractivity contribution in [2.45, 2.75) is 6.54 Å². The molecule has 1 aromatic heterocycles. The minimum atomic E-state index is -0.301. The Hall–Kier alpha value is -1.06. The maximum absolute atomic E-state index is 11.6. The molecule has 0 atom stereocenters. The second-order valence-electron chi connectivity index (χ2n) is 2.92. The van der Waals surface area contributed by atoms with Crippen molar-refractivity contribution in [3.8, 4) is 12.3 Å². The zero-order valence-electron chi connectivity index (χ0n) is 8.17. The number of pyridine rings is 1. The predicted molar refractivity (Wildman–Crippen MR) is 67.9 cm³/mol. The van der Waals surface area contributed by atoms with Gasteiger partial charge in [-0.1, -0.05) is 5.92 Å². The molecule has 0 bridgehead atoms. The molecule has 16 heavy (non-hydrogen) atoms.